The summed E-state index contributed by atoms with van der Waals surface area (Å²) in [6.45, 7) is 0. The second kappa shape index (κ2) is 6.48. The molecule has 4 atom stereocenters. The van der Waals surface area contributed by atoms with Gasteiger partial charge in [-0.1, -0.05) is 38.5 Å². The summed E-state index contributed by atoms with van der Waals surface area (Å²) in [6.07, 6.45) is 10.5. The normalized spacial score (nSPS) is 33.8. The zero-order valence-corrected chi connectivity index (χ0v) is 14.0. The number of sulfonamides is 1. The van der Waals surface area contributed by atoms with Gasteiger partial charge in [0.05, 0.1) is 0 Å². The fraction of sp³-hybridized carbons (Fsp3) is 0.938. The van der Waals surface area contributed by atoms with Gasteiger partial charge in [-0.3, -0.25) is 4.79 Å². The minimum absolute atomic E-state index is 0.168. The van der Waals surface area contributed by atoms with E-state index in [0.717, 1.165) is 44.4 Å². The fourth-order valence-electron chi connectivity index (χ4n) is 4.81. The Bertz CT molecular complexity index is 513. The Labute approximate surface area is 133 Å². The maximum Gasteiger partial charge on any atom is 0.239 e. The monoisotopic (exact) mass is 328 g/mol. The fourth-order valence-corrected chi connectivity index (χ4v) is 5.72. The van der Waals surface area contributed by atoms with Gasteiger partial charge in [0.25, 0.3) is 0 Å². The van der Waals surface area contributed by atoms with Crippen LogP contribution in [0.2, 0.25) is 0 Å². The molecule has 0 saturated heterocycles. The Balaban J connectivity index is 1.62. The van der Waals surface area contributed by atoms with Crippen LogP contribution in [0.3, 0.4) is 0 Å². The second-order valence-corrected chi connectivity index (χ2v) is 9.35. The van der Waals surface area contributed by atoms with Crippen molar-refractivity contribution in [1.29, 1.82) is 0 Å². The van der Waals surface area contributed by atoms with Crippen molar-refractivity contribution < 1.29 is 13.2 Å². The molecule has 3 N–H and O–H groups in total. The van der Waals surface area contributed by atoms with Gasteiger partial charge in [0, 0.05) is 6.04 Å². The maximum absolute atomic E-state index is 12.5. The summed E-state index contributed by atoms with van der Waals surface area (Å²) in [4.78, 5) is 12.5. The van der Waals surface area contributed by atoms with Crippen LogP contribution >= 0.6 is 0 Å². The first-order chi connectivity index (χ1) is 10.4. The summed E-state index contributed by atoms with van der Waals surface area (Å²) in [5.41, 5.74) is 0. The predicted molar refractivity (Wildman–Crippen MR) is 85.5 cm³/mol. The SMILES string of the molecule is NS(=O)(=O)[C@@H](CC1CCCCC1)C(=O)NC1C[C@@H]2CC[C@H]1C2. The van der Waals surface area contributed by atoms with E-state index in [1.54, 1.807) is 0 Å². The second-order valence-electron chi connectivity index (χ2n) is 7.61. The lowest BCUT2D eigenvalue weighted by molar-refractivity contribution is -0.122. The van der Waals surface area contributed by atoms with Crippen LogP contribution in [-0.4, -0.2) is 25.6 Å². The van der Waals surface area contributed by atoms with E-state index >= 15 is 0 Å². The van der Waals surface area contributed by atoms with Crippen LogP contribution in [0.25, 0.3) is 0 Å². The first-order valence-electron chi connectivity index (χ1n) is 8.75. The highest BCUT2D eigenvalue weighted by molar-refractivity contribution is 7.90. The lowest BCUT2D eigenvalue weighted by Crippen LogP contribution is -2.49. The van der Waals surface area contributed by atoms with Crippen LogP contribution in [0, 0.1) is 17.8 Å². The third-order valence-electron chi connectivity index (χ3n) is 6.03. The van der Waals surface area contributed by atoms with Crippen molar-refractivity contribution >= 4 is 15.9 Å². The highest BCUT2D eigenvalue weighted by atomic mass is 32.2. The average molecular weight is 328 g/mol. The van der Waals surface area contributed by atoms with Crippen LogP contribution in [0.15, 0.2) is 0 Å². The Morgan fingerprint density at radius 3 is 2.36 bits per heavy atom. The van der Waals surface area contributed by atoms with Gasteiger partial charge in [0.1, 0.15) is 0 Å². The molecular formula is C16H28N2O3S. The third-order valence-corrected chi connectivity index (χ3v) is 7.23. The van der Waals surface area contributed by atoms with Crippen LogP contribution in [0.5, 0.6) is 0 Å². The predicted octanol–water partition coefficient (Wildman–Crippen LogP) is 1.92. The quantitative estimate of drug-likeness (QED) is 0.808. The molecule has 22 heavy (non-hydrogen) atoms. The van der Waals surface area contributed by atoms with Gasteiger partial charge in [-0.05, 0) is 43.4 Å². The number of primary sulfonamides is 1. The largest absolute Gasteiger partial charge is 0.352 e. The van der Waals surface area contributed by atoms with E-state index in [2.05, 4.69) is 5.32 Å². The summed E-state index contributed by atoms with van der Waals surface area (Å²) in [5.74, 6) is 1.24. The van der Waals surface area contributed by atoms with Crippen LogP contribution in [0.4, 0.5) is 0 Å². The summed E-state index contributed by atoms with van der Waals surface area (Å²) in [6, 6.07) is 0.168. The summed E-state index contributed by atoms with van der Waals surface area (Å²) < 4.78 is 23.8. The molecule has 6 heteroatoms. The number of nitrogens with one attached hydrogen (secondary N) is 1. The molecule has 0 aliphatic heterocycles. The lowest BCUT2D eigenvalue weighted by Gasteiger charge is -2.28. The molecular weight excluding hydrogens is 300 g/mol. The molecule has 0 aromatic carbocycles. The summed E-state index contributed by atoms with van der Waals surface area (Å²) in [5, 5.41) is 7.31. The molecule has 0 heterocycles. The molecule has 0 spiro atoms. The van der Waals surface area contributed by atoms with E-state index < -0.39 is 15.3 Å². The molecule has 3 aliphatic carbocycles. The van der Waals surface area contributed by atoms with Crippen LogP contribution < -0.4 is 10.5 Å². The molecule has 3 fully saturated rings. The van der Waals surface area contributed by atoms with Gasteiger partial charge in [0.2, 0.25) is 15.9 Å². The molecule has 3 rings (SSSR count). The molecule has 3 saturated carbocycles. The minimum Gasteiger partial charge on any atom is -0.352 e. The van der Waals surface area contributed by atoms with Crippen LogP contribution in [0.1, 0.15) is 64.2 Å². The van der Waals surface area contributed by atoms with Gasteiger partial charge >= 0.3 is 0 Å². The Hall–Kier alpha value is -0.620. The summed E-state index contributed by atoms with van der Waals surface area (Å²) >= 11 is 0. The van der Waals surface area contributed by atoms with Crippen molar-refractivity contribution in [2.45, 2.75) is 75.5 Å². The molecule has 0 aromatic rings. The van der Waals surface area contributed by atoms with Crippen molar-refractivity contribution in [1.82, 2.24) is 5.32 Å². The standard InChI is InChI=1S/C16H28N2O3S/c17-22(20,21)15(10-11-4-2-1-3-5-11)16(19)18-14-9-12-6-7-13(14)8-12/h11-15H,1-10H2,(H,18,19)(H2,17,20,21)/t12-,13+,14?,15+/m1/s1. The first-order valence-corrected chi connectivity index (χ1v) is 10.4. The molecule has 0 aromatic heterocycles. The van der Waals surface area contributed by atoms with Crippen molar-refractivity contribution in [3.05, 3.63) is 0 Å². The molecule has 0 radical (unpaired) electrons. The van der Waals surface area contributed by atoms with E-state index in [4.69, 9.17) is 5.14 Å². The molecule has 5 nitrogen and oxygen atoms in total. The van der Waals surface area contributed by atoms with Crippen molar-refractivity contribution in [2.24, 2.45) is 22.9 Å². The number of carbonyl (C=O) groups is 1. The Kier molecular flexibility index (Phi) is 4.78. The topological polar surface area (TPSA) is 89.3 Å². The number of amides is 1. The Morgan fingerprint density at radius 1 is 1.09 bits per heavy atom. The van der Waals surface area contributed by atoms with E-state index in [0.29, 0.717) is 18.3 Å². The van der Waals surface area contributed by atoms with E-state index in [1.807, 2.05) is 0 Å². The highest BCUT2D eigenvalue weighted by Crippen LogP contribution is 2.44. The number of carbonyl (C=O) groups excluding carboxylic acids is 1. The summed E-state index contributed by atoms with van der Waals surface area (Å²) in [7, 11) is -3.83. The Morgan fingerprint density at radius 2 is 1.82 bits per heavy atom. The average Bonchev–Trinajstić information content (AvgIpc) is 3.07. The van der Waals surface area contributed by atoms with Gasteiger partial charge in [0.15, 0.2) is 5.25 Å². The number of nitrogens with two attached hydrogens (primary N) is 1. The minimum atomic E-state index is -3.83. The lowest BCUT2D eigenvalue weighted by atomic mass is 9.86. The van der Waals surface area contributed by atoms with E-state index in [1.165, 1.54) is 19.3 Å². The molecule has 1 unspecified atom stereocenters. The maximum atomic E-state index is 12.5. The van der Waals surface area contributed by atoms with Crippen molar-refractivity contribution in [3.8, 4) is 0 Å². The molecule has 1 amide bonds. The molecule has 3 aliphatic rings. The molecule has 2 bridgehead atoms. The zero-order valence-electron chi connectivity index (χ0n) is 13.2. The number of rotatable bonds is 5. The number of hydrogen-bond acceptors (Lipinski definition) is 3. The molecule has 126 valence electrons. The van der Waals surface area contributed by atoms with Gasteiger partial charge in [-0.15, -0.1) is 0 Å². The van der Waals surface area contributed by atoms with Gasteiger partial charge in [-0.25, -0.2) is 13.6 Å². The number of fused-ring (bicyclic) bond motifs is 2. The van der Waals surface area contributed by atoms with Gasteiger partial charge in [-0.2, -0.15) is 0 Å². The zero-order chi connectivity index (χ0) is 15.7. The van der Waals surface area contributed by atoms with E-state index in [-0.39, 0.29) is 11.9 Å². The van der Waals surface area contributed by atoms with E-state index in [9.17, 15) is 13.2 Å². The first kappa shape index (κ1) is 16.2. The van der Waals surface area contributed by atoms with Crippen LogP contribution in [-0.2, 0) is 14.8 Å². The van der Waals surface area contributed by atoms with Crippen molar-refractivity contribution in [3.63, 3.8) is 0 Å². The van der Waals surface area contributed by atoms with Gasteiger partial charge < -0.3 is 5.32 Å². The third kappa shape index (κ3) is 3.65. The number of hydrogen-bond donors (Lipinski definition) is 2. The highest BCUT2D eigenvalue weighted by Gasteiger charge is 2.42. The smallest absolute Gasteiger partial charge is 0.239 e. The van der Waals surface area contributed by atoms with Crippen molar-refractivity contribution in [2.75, 3.05) is 0 Å².